The van der Waals surface area contributed by atoms with Gasteiger partial charge in [0.25, 0.3) is 0 Å². The van der Waals surface area contributed by atoms with Crippen LogP contribution in [0, 0.1) is 28.1 Å². The van der Waals surface area contributed by atoms with Crippen LogP contribution in [0.4, 0.5) is 0 Å². The minimum Gasteiger partial charge on any atom is -0.0683 e. The predicted molar refractivity (Wildman–Crippen MR) is 186 cm³/mol. The first-order chi connectivity index (χ1) is 17.6. The molecule has 1 fully saturated rings. The second-order valence-corrected chi connectivity index (χ2v) is 13.6. The molecule has 0 saturated heterocycles. The van der Waals surface area contributed by atoms with Gasteiger partial charge >= 0.3 is 0 Å². The van der Waals surface area contributed by atoms with E-state index in [1.54, 1.807) is 0 Å². The topological polar surface area (TPSA) is 0 Å². The smallest absolute Gasteiger partial charge is 0.0683 e. The number of hydrogen-bond donors (Lipinski definition) is 0. The zero-order chi connectivity index (χ0) is 31.6. The fourth-order valence-electron chi connectivity index (χ4n) is 5.77. The van der Waals surface area contributed by atoms with Crippen LogP contribution in [0.5, 0.6) is 0 Å². The van der Waals surface area contributed by atoms with E-state index in [0.29, 0.717) is 16.7 Å². The summed E-state index contributed by atoms with van der Waals surface area (Å²) in [5.41, 5.74) is 1.28. The highest BCUT2D eigenvalue weighted by Gasteiger charge is 2.40. The third-order valence-corrected chi connectivity index (χ3v) is 8.16. The highest BCUT2D eigenvalue weighted by Crippen LogP contribution is 2.53. The van der Waals surface area contributed by atoms with Crippen LogP contribution >= 0.6 is 0 Å². The Kier molecular flexibility index (Phi) is 34.3. The minimum atomic E-state index is -0.0340. The first-order valence-corrected chi connectivity index (χ1v) is 17.3. The molecule has 0 aliphatic heterocycles. The van der Waals surface area contributed by atoms with Gasteiger partial charge in [0.2, 0.25) is 0 Å². The predicted octanol–water partition coefficient (Wildman–Crippen LogP) is 14.5. The molecule has 38 heavy (non-hydrogen) atoms. The van der Waals surface area contributed by atoms with Gasteiger partial charge in [0.05, 0.1) is 7.85 Å². The van der Waals surface area contributed by atoms with E-state index < -0.39 is 0 Å². The molecule has 1 heteroatoms. The molecule has 0 N–H and O–H groups in total. The number of rotatable bonds is 9. The second kappa shape index (κ2) is 27.2. The van der Waals surface area contributed by atoms with Crippen molar-refractivity contribution >= 4 is 7.85 Å². The molecule has 1 atom stereocenters. The Bertz CT molecular complexity index is 426. The van der Waals surface area contributed by atoms with Gasteiger partial charge in [-0.05, 0) is 47.3 Å². The molecule has 0 aromatic rings. The lowest BCUT2D eigenvalue weighted by Crippen LogP contribution is -2.35. The van der Waals surface area contributed by atoms with E-state index in [2.05, 4.69) is 90.0 Å². The third kappa shape index (κ3) is 22.8. The van der Waals surface area contributed by atoms with E-state index in [1.165, 1.54) is 70.6 Å². The fourth-order valence-corrected chi connectivity index (χ4v) is 5.77. The molecular weight excluding hydrogens is 455 g/mol. The molecule has 0 amide bonds. The molecule has 0 aromatic heterocycles. The Morgan fingerprint density at radius 1 is 0.632 bits per heavy atom. The summed E-state index contributed by atoms with van der Waals surface area (Å²) in [5.74, 6) is 1.65. The molecule has 1 aliphatic rings. The summed E-state index contributed by atoms with van der Waals surface area (Å²) in [6.07, 6.45) is 16.2. The molecule has 1 rings (SSSR count). The molecule has 1 unspecified atom stereocenters. The average molecular weight is 539 g/mol. The lowest BCUT2D eigenvalue weighted by molar-refractivity contribution is 0.0996. The SMILES string of the molecule is CC.CC.CC.CC(C)(C)CC(C)(C)C1CCCCC1.CCC.[B]C(C)(C(CCC)CCC)C(C)(C)CC. The molecule has 1 aliphatic carbocycles. The molecule has 0 heterocycles. The van der Waals surface area contributed by atoms with Gasteiger partial charge in [-0.2, -0.15) is 0 Å². The molecule has 234 valence electrons. The highest BCUT2D eigenvalue weighted by atomic mass is 14.4. The molecule has 2 radical (unpaired) electrons. The second-order valence-electron chi connectivity index (χ2n) is 13.6. The Hall–Kier alpha value is 0.0649. The van der Waals surface area contributed by atoms with Crippen molar-refractivity contribution in [2.24, 2.45) is 28.1 Å². The summed E-state index contributed by atoms with van der Waals surface area (Å²) >= 11 is 0. The zero-order valence-electron chi connectivity index (χ0n) is 31.2. The maximum atomic E-state index is 6.62. The van der Waals surface area contributed by atoms with E-state index in [9.17, 15) is 0 Å². The maximum Gasteiger partial charge on any atom is 0.0753 e. The van der Waals surface area contributed by atoms with Gasteiger partial charge in [-0.25, -0.2) is 0 Å². The normalized spacial score (nSPS) is 15.4. The zero-order valence-corrected chi connectivity index (χ0v) is 31.2. The summed E-state index contributed by atoms with van der Waals surface area (Å²) in [5, 5.41) is -0.0340. The van der Waals surface area contributed by atoms with Crippen molar-refractivity contribution in [3.8, 4) is 0 Å². The Morgan fingerprint density at radius 2 is 0.974 bits per heavy atom. The maximum absolute atomic E-state index is 6.62. The molecular formula is C37H83B. The van der Waals surface area contributed by atoms with Crippen molar-refractivity contribution in [3.05, 3.63) is 0 Å². The van der Waals surface area contributed by atoms with Crippen molar-refractivity contribution in [2.45, 2.75) is 214 Å². The van der Waals surface area contributed by atoms with Crippen molar-refractivity contribution in [1.29, 1.82) is 0 Å². The van der Waals surface area contributed by atoms with Crippen LogP contribution in [0.2, 0.25) is 5.31 Å². The van der Waals surface area contributed by atoms with Crippen LogP contribution in [0.25, 0.3) is 0 Å². The Balaban J connectivity index is -0.000000147. The highest BCUT2D eigenvalue weighted by molar-refractivity contribution is 6.15. The lowest BCUT2D eigenvalue weighted by Gasteiger charge is -2.48. The summed E-state index contributed by atoms with van der Waals surface area (Å²) < 4.78 is 0. The van der Waals surface area contributed by atoms with Gasteiger partial charge in [-0.1, -0.05) is 195 Å². The van der Waals surface area contributed by atoms with E-state index >= 15 is 0 Å². The summed E-state index contributed by atoms with van der Waals surface area (Å²) in [7, 11) is 6.62. The molecule has 1 saturated carbocycles. The standard InChI is InChI=1S/C14H29B.C14H28.C3H8.3C2H6/c1-7-10-12(11-8-2)14(6,15)13(4,5)9-3;1-13(2,3)11-14(4,5)12-9-7-6-8-10-12;1-3-2;3*1-2/h12H,7-11H2,1-6H3;12H,6-11H2,1-5H3;3H2,1-2H3;3*1-2H3. The third-order valence-electron chi connectivity index (χ3n) is 8.16. The van der Waals surface area contributed by atoms with Crippen molar-refractivity contribution in [3.63, 3.8) is 0 Å². The summed E-state index contributed by atoms with van der Waals surface area (Å²) in [6.45, 7) is 42.0. The molecule has 0 bridgehead atoms. The monoisotopic (exact) mass is 539 g/mol. The molecule has 0 spiro atoms. The van der Waals surface area contributed by atoms with Crippen LogP contribution in [-0.2, 0) is 0 Å². The van der Waals surface area contributed by atoms with Gasteiger partial charge in [-0.3, -0.25) is 0 Å². The molecule has 0 aromatic carbocycles. The quantitative estimate of drug-likeness (QED) is 0.256. The van der Waals surface area contributed by atoms with Gasteiger partial charge < -0.3 is 0 Å². The fraction of sp³-hybridized carbons (Fsp3) is 1.00. The van der Waals surface area contributed by atoms with E-state index in [-0.39, 0.29) is 10.7 Å². The largest absolute Gasteiger partial charge is 0.0753 e. The summed E-state index contributed by atoms with van der Waals surface area (Å²) in [6, 6.07) is 0. The summed E-state index contributed by atoms with van der Waals surface area (Å²) in [4.78, 5) is 0. The van der Waals surface area contributed by atoms with Crippen molar-refractivity contribution < 1.29 is 0 Å². The van der Waals surface area contributed by atoms with E-state index in [0.717, 1.165) is 12.3 Å². The first-order valence-electron chi connectivity index (χ1n) is 17.3. The number of hydrogen-bond acceptors (Lipinski definition) is 0. The van der Waals surface area contributed by atoms with Crippen molar-refractivity contribution in [2.75, 3.05) is 0 Å². The average Bonchev–Trinajstić information content (AvgIpc) is 2.87. The van der Waals surface area contributed by atoms with Crippen LogP contribution in [0.15, 0.2) is 0 Å². The van der Waals surface area contributed by atoms with Gasteiger partial charge in [0.15, 0.2) is 0 Å². The first kappa shape index (κ1) is 47.8. The van der Waals surface area contributed by atoms with Crippen molar-refractivity contribution in [1.82, 2.24) is 0 Å². The van der Waals surface area contributed by atoms with Crippen LogP contribution in [0.1, 0.15) is 209 Å². The van der Waals surface area contributed by atoms with Gasteiger partial charge in [0.1, 0.15) is 0 Å². The van der Waals surface area contributed by atoms with E-state index in [4.69, 9.17) is 7.85 Å². The Morgan fingerprint density at radius 3 is 1.24 bits per heavy atom. The molecule has 0 nitrogen and oxygen atoms in total. The van der Waals surface area contributed by atoms with Crippen LogP contribution < -0.4 is 0 Å². The van der Waals surface area contributed by atoms with Gasteiger partial charge in [0, 0.05) is 0 Å². The van der Waals surface area contributed by atoms with Gasteiger partial charge in [-0.15, -0.1) is 0 Å². The lowest BCUT2D eigenvalue weighted by atomic mass is 9.47. The van der Waals surface area contributed by atoms with E-state index in [1.807, 2.05) is 41.5 Å². The minimum absolute atomic E-state index is 0.0340. The Labute approximate surface area is 249 Å². The van der Waals surface area contributed by atoms with Crippen LogP contribution in [0.3, 0.4) is 0 Å². The van der Waals surface area contributed by atoms with Crippen LogP contribution in [-0.4, -0.2) is 7.85 Å².